The summed E-state index contributed by atoms with van der Waals surface area (Å²) in [7, 11) is -3.31. The summed E-state index contributed by atoms with van der Waals surface area (Å²) in [6, 6.07) is 9.96. The van der Waals surface area contributed by atoms with Gasteiger partial charge in [-0.3, -0.25) is 4.79 Å². The first-order valence-electron chi connectivity index (χ1n) is 7.08. The number of nitrogens with zero attached hydrogens (tertiary/aromatic N) is 1. The molecule has 6 heteroatoms. The van der Waals surface area contributed by atoms with E-state index in [2.05, 4.69) is 0 Å². The van der Waals surface area contributed by atoms with Crippen LogP contribution in [0.4, 0.5) is 0 Å². The summed E-state index contributed by atoms with van der Waals surface area (Å²) in [5.74, 6) is 0.955. The van der Waals surface area contributed by atoms with E-state index in [4.69, 9.17) is 4.42 Å². The smallest absolute Gasteiger partial charge is 0.253 e. The van der Waals surface area contributed by atoms with Gasteiger partial charge >= 0.3 is 0 Å². The quantitative estimate of drug-likeness (QED) is 0.870. The summed E-state index contributed by atoms with van der Waals surface area (Å²) in [5, 5.41) is 0. The Morgan fingerprint density at radius 2 is 2.09 bits per heavy atom. The second-order valence-corrected chi connectivity index (χ2v) is 7.57. The van der Waals surface area contributed by atoms with Gasteiger partial charge in [-0.2, -0.15) is 0 Å². The summed E-state index contributed by atoms with van der Waals surface area (Å²) in [5.41, 5.74) is 0.406. The van der Waals surface area contributed by atoms with Crippen LogP contribution in [0.25, 0.3) is 0 Å². The number of likely N-dealkylation sites (tertiary alicyclic amines) is 1. The molecular weight excluding hydrogens is 302 g/mol. The van der Waals surface area contributed by atoms with E-state index in [1.165, 1.54) is 12.1 Å². The lowest BCUT2D eigenvalue weighted by atomic mass is 10.1. The molecule has 3 rings (SSSR count). The van der Waals surface area contributed by atoms with Gasteiger partial charge in [0.25, 0.3) is 5.91 Å². The van der Waals surface area contributed by atoms with Crippen molar-refractivity contribution in [2.75, 3.05) is 19.3 Å². The monoisotopic (exact) mass is 319 g/mol. The van der Waals surface area contributed by atoms with E-state index in [1.807, 2.05) is 12.1 Å². The average molecular weight is 319 g/mol. The standard InChI is InChI=1S/C16H17NO4S/c1-22(19,20)14-5-2-4-12(10-14)16(18)17-8-7-13(11-17)15-6-3-9-21-15/h2-6,9-10,13H,7-8,11H2,1H3. The fourth-order valence-corrected chi connectivity index (χ4v) is 3.41. The number of sulfone groups is 1. The Morgan fingerprint density at radius 3 is 2.77 bits per heavy atom. The Hall–Kier alpha value is -2.08. The summed E-state index contributed by atoms with van der Waals surface area (Å²) in [6.07, 6.45) is 3.62. The molecule has 22 heavy (non-hydrogen) atoms. The van der Waals surface area contributed by atoms with Crippen molar-refractivity contribution in [2.24, 2.45) is 0 Å². The molecule has 1 unspecified atom stereocenters. The predicted octanol–water partition coefficient (Wildman–Crippen LogP) is 2.31. The summed E-state index contributed by atoms with van der Waals surface area (Å²) in [6.45, 7) is 1.24. The summed E-state index contributed by atoms with van der Waals surface area (Å²) < 4.78 is 28.6. The number of amides is 1. The van der Waals surface area contributed by atoms with Gasteiger partial charge in [-0.25, -0.2) is 8.42 Å². The molecule has 2 aromatic rings. The third-order valence-corrected chi connectivity index (χ3v) is 5.04. The topological polar surface area (TPSA) is 67.6 Å². The maximum Gasteiger partial charge on any atom is 0.253 e. The van der Waals surface area contributed by atoms with Gasteiger partial charge in [0.15, 0.2) is 9.84 Å². The zero-order chi connectivity index (χ0) is 15.7. The molecule has 1 fully saturated rings. The van der Waals surface area contributed by atoms with Crippen molar-refractivity contribution in [3.8, 4) is 0 Å². The fraction of sp³-hybridized carbons (Fsp3) is 0.312. The highest BCUT2D eigenvalue weighted by Crippen LogP contribution is 2.28. The third-order valence-electron chi connectivity index (χ3n) is 3.93. The Balaban J connectivity index is 1.78. The van der Waals surface area contributed by atoms with Gasteiger partial charge in [0.05, 0.1) is 11.2 Å². The minimum atomic E-state index is -3.31. The Morgan fingerprint density at radius 1 is 1.27 bits per heavy atom. The highest BCUT2D eigenvalue weighted by atomic mass is 32.2. The van der Waals surface area contributed by atoms with Crippen LogP contribution in [0.1, 0.15) is 28.5 Å². The molecule has 1 aromatic heterocycles. The highest BCUT2D eigenvalue weighted by molar-refractivity contribution is 7.90. The van der Waals surface area contributed by atoms with Gasteiger partial charge in [0.1, 0.15) is 5.76 Å². The largest absolute Gasteiger partial charge is 0.469 e. The first-order chi connectivity index (χ1) is 10.4. The molecule has 5 nitrogen and oxygen atoms in total. The minimum absolute atomic E-state index is 0.139. The Kier molecular flexibility index (Phi) is 3.78. The van der Waals surface area contributed by atoms with Crippen molar-refractivity contribution in [1.82, 2.24) is 4.90 Å². The van der Waals surface area contributed by atoms with Crippen molar-refractivity contribution in [2.45, 2.75) is 17.2 Å². The number of carbonyl (C=O) groups is 1. The predicted molar refractivity (Wildman–Crippen MR) is 81.5 cm³/mol. The van der Waals surface area contributed by atoms with E-state index < -0.39 is 9.84 Å². The molecule has 1 aromatic carbocycles. The van der Waals surface area contributed by atoms with Crippen molar-refractivity contribution in [3.63, 3.8) is 0 Å². The average Bonchev–Trinajstić information content (AvgIpc) is 3.16. The highest BCUT2D eigenvalue weighted by Gasteiger charge is 2.29. The molecule has 1 aliphatic rings. The lowest BCUT2D eigenvalue weighted by Crippen LogP contribution is -2.28. The Labute approximate surface area is 129 Å². The van der Waals surface area contributed by atoms with Crippen LogP contribution >= 0.6 is 0 Å². The third kappa shape index (κ3) is 2.92. The molecule has 0 radical (unpaired) electrons. The first kappa shape index (κ1) is 14.8. The second-order valence-electron chi connectivity index (χ2n) is 5.55. The summed E-state index contributed by atoms with van der Waals surface area (Å²) in [4.78, 5) is 14.5. The molecule has 2 heterocycles. The SMILES string of the molecule is CS(=O)(=O)c1cccc(C(=O)N2CCC(c3ccco3)C2)c1. The number of rotatable bonds is 3. The van der Waals surface area contributed by atoms with E-state index in [9.17, 15) is 13.2 Å². The van der Waals surface area contributed by atoms with E-state index in [-0.39, 0.29) is 16.7 Å². The van der Waals surface area contributed by atoms with E-state index >= 15 is 0 Å². The Bertz CT molecular complexity index is 780. The zero-order valence-electron chi connectivity index (χ0n) is 12.2. The molecular formula is C16H17NO4S. The van der Waals surface area contributed by atoms with Crippen molar-refractivity contribution >= 4 is 15.7 Å². The number of hydrogen-bond donors (Lipinski definition) is 0. The van der Waals surface area contributed by atoms with E-state index in [0.29, 0.717) is 18.7 Å². The van der Waals surface area contributed by atoms with Gasteiger partial charge in [-0.15, -0.1) is 0 Å². The molecule has 116 valence electrons. The van der Waals surface area contributed by atoms with Crippen LogP contribution in [0.2, 0.25) is 0 Å². The summed E-state index contributed by atoms with van der Waals surface area (Å²) >= 11 is 0. The number of carbonyl (C=O) groups excluding carboxylic acids is 1. The maximum absolute atomic E-state index is 12.5. The first-order valence-corrected chi connectivity index (χ1v) is 8.97. The van der Waals surface area contributed by atoms with Crippen molar-refractivity contribution < 1.29 is 17.6 Å². The number of furan rings is 1. The van der Waals surface area contributed by atoms with Crippen LogP contribution in [0.15, 0.2) is 52.0 Å². The molecule has 0 aliphatic carbocycles. The fourth-order valence-electron chi connectivity index (χ4n) is 2.74. The maximum atomic E-state index is 12.5. The molecule has 0 N–H and O–H groups in total. The minimum Gasteiger partial charge on any atom is -0.469 e. The van der Waals surface area contributed by atoms with Crippen LogP contribution < -0.4 is 0 Å². The molecule has 1 atom stereocenters. The second kappa shape index (κ2) is 5.61. The molecule has 1 saturated heterocycles. The lowest BCUT2D eigenvalue weighted by Gasteiger charge is -2.16. The van der Waals surface area contributed by atoms with Crippen LogP contribution in [0.3, 0.4) is 0 Å². The van der Waals surface area contributed by atoms with Gasteiger partial charge in [0.2, 0.25) is 0 Å². The van der Waals surface area contributed by atoms with Crippen LogP contribution in [0, 0.1) is 0 Å². The number of hydrogen-bond acceptors (Lipinski definition) is 4. The van der Waals surface area contributed by atoms with Crippen molar-refractivity contribution in [3.05, 3.63) is 54.0 Å². The van der Waals surface area contributed by atoms with Gasteiger partial charge < -0.3 is 9.32 Å². The van der Waals surface area contributed by atoms with E-state index in [0.717, 1.165) is 18.4 Å². The van der Waals surface area contributed by atoms with Crippen LogP contribution in [0.5, 0.6) is 0 Å². The van der Waals surface area contributed by atoms with Crippen LogP contribution in [-0.4, -0.2) is 38.6 Å². The lowest BCUT2D eigenvalue weighted by molar-refractivity contribution is 0.0790. The van der Waals surface area contributed by atoms with Gasteiger partial charge in [-0.05, 0) is 36.8 Å². The molecule has 0 bridgehead atoms. The van der Waals surface area contributed by atoms with Crippen molar-refractivity contribution in [1.29, 1.82) is 0 Å². The molecule has 0 saturated carbocycles. The molecule has 0 spiro atoms. The molecule has 1 amide bonds. The van der Waals surface area contributed by atoms with Crippen LogP contribution in [-0.2, 0) is 9.84 Å². The number of benzene rings is 1. The zero-order valence-corrected chi connectivity index (χ0v) is 13.0. The van der Waals surface area contributed by atoms with Gasteiger partial charge in [-0.1, -0.05) is 6.07 Å². The molecule has 1 aliphatic heterocycles. The van der Waals surface area contributed by atoms with E-state index in [1.54, 1.807) is 23.3 Å². The normalized spacial score (nSPS) is 18.6. The van der Waals surface area contributed by atoms with Gasteiger partial charge in [0, 0.05) is 30.8 Å².